The van der Waals surface area contributed by atoms with Gasteiger partial charge in [0.05, 0.1) is 0 Å². The van der Waals surface area contributed by atoms with E-state index in [4.69, 9.17) is 0 Å². The molecule has 0 spiro atoms. The molecule has 2 rings (SSSR count). The van der Waals surface area contributed by atoms with Crippen molar-refractivity contribution in [2.24, 2.45) is 5.10 Å². The molecule has 3 nitrogen and oxygen atoms in total. The van der Waals surface area contributed by atoms with Crippen molar-refractivity contribution in [3.63, 3.8) is 0 Å². The van der Waals surface area contributed by atoms with Gasteiger partial charge in [-0.3, -0.25) is 4.79 Å². The normalized spacial score (nSPS) is 11.1. The average Bonchev–Trinajstić information content (AvgIpc) is 2.48. The smallest absolute Gasteiger partial charge is 0.267 e. The number of allylic oxidation sites excluding steroid dienone is 1. The molecule has 0 aromatic heterocycles. The molecule has 0 aliphatic carbocycles. The minimum absolute atomic E-state index is 0.201. The first-order chi connectivity index (χ1) is 9.77. The van der Waals surface area contributed by atoms with E-state index in [-0.39, 0.29) is 5.91 Å². The molecule has 0 bridgehead atoms. The number of nitrogens with zero attached hydrogens (tertiary/aromatic N) is 1. The molecule has 2 aromatic rings. The fourth-order valence-corrected chi connectivity index (χ4v) is 1.75. The quantitative estimate of drug-likeness (QED) is 0.667. The van der Waals surface area contributed by atoms with Crippen molar-refractivity contribution in [1.82, 2.24) is 5.43 Å². The van der Waals surface area contributed by atoms with Gasteiger partial charge in [0, 0.05) is 11.8 Å². The van der Waals surface area contributed by atoms with Crippen LogP contribution in [0.25, 0.3) is 6.08 Å². The monoisotopic (exact) mass is 264 g/mol. The van der Waals surface area contributed by atoms with Crippen LogP contribution in [0.1, 0.15) is 21.5 Å². The van der Waals surface area contributed by atoms with Gasteiger partial charge in [-0.05, 0) is 30.2 Å². The molecule has 0 atom stereocenters. The number of aryl methyl sites for hydroxylation is 1. The Balaban J connectivity index is 1.89. The number of nitrogens with one attached hydrogen (secondary N) is 1. The van der Waals surface area contributed by atoms with Crippen LogP contribution in [0.4, 0.5) is 0 Å². The van der Waals surface area contributed by atoms with Gasteiger partial charge in [-0.15, -0.1) is 0 Å². The third-order valence-electron chi connectivity index (χ3n) is 2.80. The van der Waals surface area contributed by atoms with Gasteiger partial charge in [-0.2, -0.15) is 5.10 Å². The Kier molecular flexibility index (Phi) is 4.84. The Labute approximate surface area is 118 Å². The SMILES string of the molecule is Cc1ccccc1C(=O)NN=CC=Cc1ccccc1. The summed E-state index contributed by atoms with van der Waals surface area (Å²) in [6.07, 6.45) is 5.26. The lowest BCUT2D eigenvalue weighted by atomic mass is 10.1. The predicted molar refractivity (Wildman–Crippen MR) is 82.6 cm³/mol. The number of carbonyl (C=O) groups is 1. The lowest BCUT2D eigenvalue weighted by Gasteiger charge is -2.02. The number of carbonyl (C=O) groups excluding carboxylic acids is 1. The van der Waals surface area contributed by atoms with Gasteiger partial charge < -0.3 is 0 Å². The fraction of sp³-hybridized carbons (Fsp3) is 0.0588. The summed E-state index contributed by atoms with van der Waals surface area (Å²) in [7, 11) is 0. The predicted octanol–water partition coefficient (Wildman–Crippen LogP) is 3.42. The van der Waals surface area contributed by atoms with Crippen LogP contribution in [-0.2, 0) is 0 Å². The molecule has 3 heteroatoms. The molecule has 1 N–H and O–H groups in total. The standard InChI is InChI=1S/C17H16N2O/c1-14-8-5-6-12-16(14)17(20)19-18-13-7-11-15-9-3-2-4-10-15/h2-13H,1H3,(H,19,20). The fourth-order valence-electron chi connectivity index (χ4n) is 1.75. The van der Waals surface area contributed by atoms with Crippen LogP contribution in [0.15, 0.2) is 65.8 Å². The summed E-state index contributed by atoms with van der Waals surface area (Å²) in [5, 5.41) is 3.89. The van der Waals surface area contributed by atoms with E-state index in [1.165, 1.54) is 0 Å². The summed E-state index contributed by atoms with van der Waals surface area (Å²) in [4.78, 5) is 11.8. The van der Waals surface area contributed by atoms with Gasteiger partial charge in [0.2, 0.25) is 0 Å². The van der Waals surface area contributed by atoms with E-state index in [1.807, 2.05) is 61.5 Å². The third-order valence-corrected chi connectivity index (χ3v) is 2.80. The highest BCUT2D eigenvalue weighted by Gasteiger charge is 2.05. The van der Waals surface area contributed by atoms with Gasteiger partial charge in [-0.25, -0.2) is 5.43 Å². The molecule has 2 aromatic carbocycles. The first-order valence-corrected chi connectivity index (χ1v) is 6.38. The van der Waals surface area contributed by atoms with Crippen LogP contribution in [0.5, 0.6) is 0 Å². The first kappa shape index (κ1) is 13.7. The number of rotatable bonds is 4. The van der Waals surface area contributed by atoms with E-state index < -0.39 is 0 Å². The second-order valence-corrected chi connectivity index (χ2v) is 4.30. The zero-order chi connectivity index (χ0) is 14.2. The van der Waals surface area contributed by atoms with E-state index in [2.05, 4.69) is 10.5 Å². The van der Waals surface area contributed by atoms with Crippen molar-refractivity contribution >= 4 is 18.2 Å². The molecule has 0 aliphatic rings. The van der Waals surface area contributed by atoms with Crippen molar-refractivity contribution in [1.29, 1.82) is 0 Å². The van der Waals surface area contributed by atoms with E-state index in [0.717, 1.165) is 11.1 Å². The van der Waals surface area contributed by atoms with Crippen LogP contribution >= 0.6 is 0 Å². The Morgan fingerprint density at radius 2 is 1.75 bits per heavy atom. The molecule has 100 valence electrons. The second-order valence-electron chi connectivity index (χ2n) is 4.30. The third kappa shape index (κ3) is 3.92. The van der Waals surface area contributed by atoms with Crippen LogP contribution in [0.3, 0.4) is 0 Å². The Morgan fingerprint density at radius 1 is 1.05 bits per heavy atom. The van der Waals surface area contributed by atoms with Crippen LogP contribution in [-0.4, -0.2) is 12.1 Å². The molecule has 0 radical (unpaired) electrons. The maximum Gasteiger partial charge on any atom is 0.271 e. The highest BCUT2D eigenvalue weighted by atomic mass is 16.2. The van der Waals surface area contributed by atoms with Crippen molar-refractivity contribution in [3.05, 3.63) is 77.4 Å². The van der Waals surface area contributed by atoms with Gasteiger partial charge in [0.1, 0.15) is 0 Å². The lowest BCUT2D eigenvalue weighted by Crippen LogP contribution is -2.18. The summed E-state index contributed by atoms with van der Waals surface area (Å²) in [6.45, 7) is 1.90. The Hall–Kier alpha value is -2.68. The first-order valence-electron chi connectivity index (χ1n) is 6.38. The van der Waals surface area contributed by atoms with Crippen molar-refractivity contribution < 1.29 is 4.79 Å². The van der Waals surface area contributed by atoms with Crippen molar-refractivity contribution in [3.8, 4) is 0 Å². The number of hydrazone groups is 1. The molecule has 0 saturated heterocycles. The molecule has 0 unspecified atom stereocenters. The van der Waals surface area contributed by atoms with E-state index in [9.17, 15) is 4.79 Å². The maximum atomic E-state index is 11.8. The maximum absolute atomic E-state index is 11.8. The largest absolute Gasteiger partial charge is 0.271 e. The lowest BCUT2D eigenvalue weighted by molar-refractivity contribution is 0.0954. The molecule has 0 aliphatic heterocycles. The van der Waals surface area contributed by atoms with Crippen LogP contribution in [0.2, 0.25) is 0 Å². The van der Waals surface area contributed by atoms with E-state index >= 15 is 0 Å². The number of benzene rings is 2. The van der Waals surface area contributed by atoms with E-state index in [0.29, 0.717) is 5.56 Å². The second kappa shape index (κ2) is 7.04. The molecule has 20 heavy (non-hydrogen) atoms. The Bertz CT molecular complexity index is 630. The molecular formula is C17H16N2O. The zero-order valence-electron chi connectivity index (χ0n) is 11.3. The summed E-state index contributed by atoms with van der Waals surface area (Å²) in [5.74, 6) is -0.201. The number of amides is 1. The molecule has 0 fully saturated rings. The molecule has 0 saturated carbocycles. The van der Waals surface area contributed by atoms with Gasteiger partial charge in [0.25, 0.3) is 5.91 Å². The van der Waals surface area contributed by atoms with Crippen molar-refractivity contribution in [2.45, 2.75) is 6.92 Å². The zero-order valence-corrected chi connectivity index (χ0v) is 11.3. The topological polar surface area (TPSA) is 41.5 Å². The number of hydrogen-bond donors (Lipinski definition) is 1. The molecule has 0 heterocycles. The molecule has 1 amide bonds. The number of hydrogen-bond acceptors (Lipinski definition) is 2. The summed E-state index contributed by atoms with van der Waals surface area (Å²) in [5.41, 5.74) is 5.16. The van der Waals surface area contributed by atoms with Gasteiger partial charge >= 0.3 is 0 Å². The van der Waals surface area contributed by atoms with Gasteiger partial charge in [0.15, 0.2) is 0 Å². The van der Waals surface area contributed by atoms with Gasteiger partial charge in [-0.1, -0.05) is 54.6 Å². The van der Waals surface area contributed by atoms with Crippen LogP contribution < -0.4 is 5.43 Å². The summed E-state index contributed by atoms with van der Waals surface area (Å²) < 4.78 is 0. The molecular weight excluding hydrogens is 248 g/mol. The highest BCUT2D eigenvalue weighted by Crippen LogP contribution is 2.06. The highest BCUT2D eigenvalue weighted by molar-refractivity contribution is 5.96. The summed E-state index contributed by atoms with van der Waals surface area (Å²) in [6, 6.07) is 17.3. The summed E-state index contributed by atoms with van der Waals surface area (Å²) >= 11 is 0. The van der Waals surface area contributed by atoms with Crippen LogP contribution in [0, 0.1) is 6.92 Å². The Morgan fingerprint density at radius 3 is 2.50 bits per heavy atom. The average molecular weight is 264 g/mol. The van der Waals surface area contributed by atoms with E-state index in [1.54, 1.807) is 18.4 Å². The van der Waals surface area contributed by atoms with Crippen molar-refractivity contribution in [2.75, 3.05) is 0 Å². The minimum atomic E-state index is -0.201. The minimum Gasteiger partial charge on any atom is -0.267 e.